The van der Waals surface area contributed by atoms with Gasteiger partial charge in [0.2, 0.25) is 0 Å². The van der Waals surface area contributed by atoms with Crippen molar-refractivity contribution in [3.8, 4) is 23.2 Å². The van der Waals surface area contributed by atoms with Gasteiger partial charge < -0.3 is 4.74 Å². The maximum Gasteiger partial charge on any atom is 0.182 e. The smallest absolute Gasteiger partial charge is 0.182 e. The van der Waals surface area contributed by atoms with E-state index < -0.39 is 0 Å². The fraction of sp³-hybridized carbons (Fsp3) is 0.214. The topological polar surface area (TPSA) is 70.8 Å². The van der Waals surface area contributed by atoms with Crippen molar-refractivity contribution >= 4 is 5.82 Å². The van der Waals surface area contributed by atoms with E-state index in [0.29, 0.717) is 5.82 Å². The highest BCUT2D eigenvalue weighted by molar-refractivity contribution is 5.71. The number of hydrogen-bond donors (Lipinski definition) is 1. The lowest BCUT2D eigenvalue weighted by molar-refractivity contribution is 0.415. The molecular formula is C14H14N4O. The Morgan fingerprint density at radius 2 is 2.00 bits per heavy atom. The number of aromatic nitrogens is 2. The van der Waals surface area contributed by atoms with Crippen LogP contribution in [0.15, 0.2) is 24.3 Å². The molecule has 0 aliphatic rings. The van der Waals surface area contributed by atoms with Gasteiger partial charge in [-0.05, 0) is 43.2 Å². The number of anilines is 1. The number of rotatable bonds is 3. The molecule has 1 heterocycles. The Morgan fingerprint density at radius 3 is 2.58 bits per heavy atom. The maximum absolute atomic E-state index is 8.51. The van der Waals surface area contributed by atoms with Gasteiger partial charge in [0.1, 0.15) is 5.75 Å². The van der Waals surface area contributed by atoms with Crippen molar-refractivity contribution < 1.29 is 4.74 Å². The highest BCUT2D eigenvalue weighted by atomic mass is 16.5. The van der Waals surface area contributed by atoms with Crippen molar-refractivity contribution in [2.45, 2.75) is 13.8 Å². The fourth-order valence-corrected chi connectivity index (χ4v) is 2.01. The number of aryl methyl sites for hydroxylation is 2. The maximum atomic E-state index is 8.51. The first kappa shape index (κ1) is 12.8. The van der Waals surface area contributed by atoms with E-state index in [-0.39, 0.29) is 0 Å². The van der Waals surface area contributed by atoms with Crippen molar-refractivity contribution in [1.82, 2.24) is 10.2 Å². The van der Waals surface area contributed by atoms with Crippen LogP contribution in [0.3, 0.4) is 0 Å². The summed E-state index contributed by atoms with van der Waals surface area (Å²) in [5.41, 5.74) is 3.85. The normalized spacial score (nSPS) is 9.79. The van der Waals surface area contributed by atoms with Crippen LogP contribution < -0.4 is 10.1 Å². The van der Waals surface area contributed by atoms with E-state index in [1.807, 2.05) is 32.2 Å². The quantitative estimate of drug-likeness (QED) is 0.673. The molecule has 0 saturated carbocycles. The summed E-state index contributed by atoms with van der Waals surface area (Å²) in [6.45, 7) is 4.03. The third-order valence-corrected chi connectivity index (χ3v) is 2.77. The molecule has 0 aliphatic heterocycles. The molecule has 19 heavy (non-hydrogen) atoms. The van der Waals surface area contributed by atoms with Gasteiger partial charge in [-0.2, -0.15) is 5.26 Å². The van der Waals surface area contributed by atoms with Crippen LogP contribution in [0.2, 0.25) is 0 Å². The van der Waals surface area contributed by atoms with Gasteiger partial charge in [-0.3, -0.25) is 5.32 Å². The molecule has 1 N–H and O–H groups in total. The number of benzene rings is 1. The molecule has 0 radical (unpaired) electrons. The molecule has 5 nitrogen and oxygen atoms in total. The van der Waals surface area contributed by atoms with Crippen LogP contribution in [-0.2, 0) is 0 Å². The molecule has 0 bridgehead atoms. The monoisotopic (exact) mass is 254 g/mol. The number of hydrogen-bond acceptors (Lipinski definition) is 5. The van der Waals surface area contributed by atoms with Crippen LogP contribution in [0.1, 0.15) is 11.1 Å². The number of nitrogens with one attached hydrogen (secondary N) is 1. The van der Waals surface area contributed by atoms with Crippen molar-refractivity contribution in [1.29, 1.82) is 5.26 Å². The molecule has 2 rings (SSSR count). The van der Waals surface area contributed by atoms with E-state index in [9.17, 15) is 0 Å². The minimum atomic E-state index is 0.426. The number of methoxy groups -OCH3 is 1. The van der Waals surface area contributed by atoms with Gasteiger partial charge in [-0.25, -0.2) is 0 Å². The third-order valence-electron chi connectivity index (χ3n) is 2.77. The van der Waals surface area contributed by atoms with Gasteiger partial charge >= 0.3 is 0 Å². The van der Waals surface area contributed by atoms with Crippen molar-refractivity contribution in [3.63, 3.8) is 0 Å². The molecule has 1 aromatic heterocycles. The largest absolute Gasteiger partial charge is 0.496 e. The number of nitriles is 1. The molecule has 0 unspecified atom stereocenters. The summed E-state index contributed by atoms with van der Waals surface area (Å²) < 4.78 is 5.40. The Balaban J connectivity index is 2.49. The van der Waals surface area contributed by atoms with E-state index in [2.05, 4.69) is 21.6 Å². The summed E-state index contributed by atoms with van der Waals surface area (Å²) in [6, 6.07) is 7.56. The molecule has 0 aliphatic carbocycles. The molecule has 2 aromatic rings. The molecule has 0 amide bonds. The van der Waals surface area contributed by atoms with Crippen LogP contribution in [-0.4, -0.2) is 17.3 Å². The Hall–Kier alpha value is -2.61. The predicted molar refractivity (Wildman–Crippen MR) is 72.7 cm³/mol. The molecule has 0 spiro atoms. The zero-order valence-electron chi connectivity index (χ0n) is 11.1. The highest BCUT2D eigenvalue weighted by Gasteiger charge is 2.12. The first-order chi connectivity index (χ1) is 9.15. The zero-order valence-corrected chi connectivity index (χ0v) is 11.1. The first-order valence-electron chi connectivity index (χ1n) is 5.80. The molecule has 0 saturated heterocycles. The molecule has 96 valence electrons. The van der Waals surface area contributed by atoms with E-state index in [1.165, 1.54) is 0 Å². The SMILES string of the molecule is COc1cc(C)cc(C)c1-c1ccc(NC#N)nn1. The molecule has 1 aromatic carbocycles. The van der Waals surface area contributed by atoms with Gasteiger partial charge in [0.25, 0.3) is 0 Å². The molecule has 5 heteroatoms. The van der Waals surface area contributed by atoms with Crippen molar-refractivity contribution in [2.24, 2.45) is 0 Å². The van der Waals surface area contributed by atoms with Crippen molar-refractivity contribution in [3.05, 3.63) is 35.4 Å². The predicted octanol–water partition coefficient (Wildman–Crippen LogP) is 2.66. The molecule has 0 fully saturated rings. The Labute approximate surface area is 111 Å². The van der Waals surface area contributed by atoms with E-state index >= 15 is 0 Å². The summed E-state index contributed by atoms with van der Waals surface area (Å²) in [4.78, 5) is 0. The first-order valence-corrected chi connectivity index (χ1v) is 5.80. The van der Waals surface area contributed by atoms with E-state index in [1.54, 1.807) is 13.2 Å². The summed E-state index contributed by atoms with van der Waals surface area (Å²) in [5.74, 6) is 1.20. The van der Waals surface area contributed by atoms with Crippen LogP contribution in [0.4, 0.5) is 5.82 Å². The van der Waals surface area contributed by atoms with E-state index in [4.69, 9.17) is 10.00 Å². The van der Waals surface area contributed by atoms with Crippen LogP contribution >= 0.6 is 0 Å². The zero-order chi connectivity index (χ0) is 13.8. The summed E-state index contributed by atoms with van der Waals surface area (Å²) in [5, 5.41) is 19.0. The Bertz CT molecular complexity index is 629. The Kier molecular flexibility index (Phi) is 3.62. The highest BCUT2D eigenvalue weighted by Crippen LogP contribution is 2.32. The second kappa shape index (κ2) is 5.36. The summed E-state index contributed by atoms with van der Waals surface area (Å²) in [7, 11) is 1.64. The summed E-state index contributed by atoms with van der Waals surface area (Å²) in [6.07, 6.45) is 1.81. The standard InChI is InChI=1S/C14H14N4O/c1-9-6-10(2)14(12(7-9)19-3)11-4-5-13(16-8-15)18-17-11/h4-7H,1-3H3,(H,16,18). The minimum Gasteiger partial charge on any atom is -0.496 e. The van der Waals surface area contributed by atoms with Gasteiger partial charge in [0, 0.05) is 5.56 Å². The van der Waals surface area contributed by atoms with Crippen LogP contribution in [0.5, 0.6) is 5.75 Å². The fourth-order valence-electron chi connectivity index (χ4n) is 2.01. The third kappa shape index (κ3) is 2.63. The van der Waals surface area contributed by atoms with Gasteiger partial charge in [-0.1, -0.05) is 6.07 Å². The average Bonchev–Trinajstić information content (AvgIpc) is 2.39. The van der Waals surface area contributed by atoms with Gasteiger partial charge in [0.05, 0.1) is 12.8 Å². The second-order valence-electron chi connectivity index (χ2n) is 4.20. The lowest BCUT2D eigenvalue weighted by Crippen LogP contribution is -1.98. The van der Waals surface area contributed by atoms with Gasteiger partial charge in [0.15, 0.2) is 12.0 Å². The molecule has 0 atom stereocenters. The second-order valence-corrected chi connectivity index (χ2v) is 4.20. The van der Waals surface area contributed by atoms with E-state index in [0.717, 1.165) is 28.1 Å². The number of ether oxygens (including phenoxy) is 1. The van der Waals surface area contributed by atoms with Crippen LogP contribution in [0.25, 0.3) is 11.3 Å². The lowest BCUT2D eigenvalue weighted by Gasteiger charge is -2.12. The molecular weight excluding hydrogens is 240 g/mol. The van der Waals surface area contributed by atoms with Gasteiger partial charge in [-0.15, -0.1) is 10.2 Å². The average molecular weight is 254 g/mol. The lowest BCUT2D eigenvalue weighted by atomic mass is 10.0. The summed E-state index contributed by atoms with van der Waals surface area (Å²) >= 11 is 0. The Morgan fingerprint density at radius 1 is 1.21 bits per heavy atom. The van der Waals surface area contributed by atoms with Crippen molar-refractivity contribution in [2.75, 3.05) is 12.4 Å². The van der Waals surface area contributed by atoms with Crippen LogP contribution in [0, 0.1) is 25.3 Å². The number of nitrogens with zero attached hydrogens (tertiary/aromatic N) is 3. The minimum absolute atomic E-state index is 0.426.